The van der Waals surface area contributed by atoms with Crippen molar-refractivity contribution in [1.29, 1.82) is 0 Å². The van der Waals surface area contributed by atoms with Gasteiger partial charge >= 0.3 is 5.97 Å². The average molecular weight is 206 g/mol. The Morgan fingerprint density at radius 2 is 2.47 bits per heavy atom. The molecule has 1 atom stereocenters. The molecule has 0 saturated heterocycles. The largest absolute Gasteiger partial charge is 0.465 e. The van der Waals surface area contributed by atoms with Crippen molar-refractivity contribution in [2.24, 2.45) is 0 Å². The molecule has 0 aromatic carbocycles. The van der Waals surface area contributed by atoms with E-state index in [1.807, 2.05) is 0 Å². The van der Waals surface area contributed by atoms with Crippen LogP contribution in [0, 0.1) is 0 Å². The van der Waals surface area contributed by atoms with E-state index in [0.717, 1.165) is 0 Å². The van der Waals surface area contributed by atoms with Gasteiger partial charge in [0.15, 0.2) is 6.10 Å². The molecule has 1 heterocycles. The molecule has 0 fully saturated rings. The Labute approximate surface area is 89.0 Å². The third-order valence-corrected chi connectivity index (χ3v) is 1.84. The van der Waals surface area contributed by atoms with E-state index in [4.69, 9.17) is 9.15 Å². The molecule has 1 unspecified atom stereocenters. The Balaban J connectivity index is 2.71. The molecule has 0 bridgehead atoms. The number of carbonyl (C=O) groups excluding carboxylic acids is 1. The zero-order chi connectivity index (χ0) is 11.3. The highest BCUT2D eigenvalue weighted by atomic mass is 16.6. The second-order valence-corrected chi connectivity index (χ2v) is 3.21. The zero-order valence-corrected chi connectivity index (χ0v) is 8.73. The first-order valence-electron chi connectivity index (χ1n) is 4.66. The number of rotatable bonds is 5. The summed E-state index contributed by atoms with van der Waals surface area (Å²) in [6.07, 6.45) is 3.33. The summed E-state index contributed by atoms with van der Waals surface area (Å²) in [7, 11) is 0. The standard InChI is InChI=1S/C12H14O3/c1-4-6-11(10-7-5-8-14-10)15-12(13)9(2)3/h4-5,7-8,11H,1-2,6H2,3H3. The van der Waals surface area contributed by atoms with Crippen LogP contribution in [0.2, 0.25) is 0 Å². The lowest BCUT2D eigenvalue weighted by molar-refractivity contribution is -0.145. The van der Waals surface area contributed by atoms with Gasteiger partial charge in [0, 0.05) is 12.0 Å². The van der Waals surface area contributed by atoms with Crippen LogP contribution in [-0.4, -0.2) is 5.97 Å². The fourth-order valence-corrected chi connectivity index (χ4v) is 1.08. The molecular weight excluding hydrogens is 192 g/mol. The summed E-state index contributed by atoms with van der Waals surface area (Å²) in [6, 6.07) is 3.51. The van der Waals surface area contributed by atoms with E-state index in [2.05, 4.69) is 13.2 Å². The summed E-state index contributed by atoms with van der Waals surface area (Å²) >= 11 is 0. The van der Waals surface area contributed by atoms with Crippen molar-refractivity contribution in [2.45, 2.75) is 19.4 Å². The zero-order valence-electron chi connectivity index (χ0n) is 8.73. The first-order chi connectivity index (χ1) is 7.15. The SMILES string of the molecule is C=CCC(OC(=O)C(=C)C)c1ccco1. The molecule has 0 aliphatic heterocycles. The highest BCUT2D eigenvalue weighted by molar-refractivity contribution is 5.87. The molecule has 0 aliphatic carbocycles. The van der Waals surface area contributed by atoms with Crippen LogP contribution in [0.5, 0.6) is 0 Å². The Bertz CT molecular complexity index is 349. The van der Waals surface area contributed by atoms with Crippen LogP contribution in [0.4, 0.5) is 0 Å². The maximum absolute atomic E-state index is 11.3. The number of hydrogen-bond acceptors (Lipinski definition) is 3. The first kappa shape index (κ1) is 11.3. The van der Waals surface area contributed by atoms with E-state index < -0.39 is 12.1 Å². The number of hydrogen-bond donors (Lipinski definition) is 0. The van der Waals surface area contributed by atoms with Crippen LogP contribution in [0.15, 0.2) is 47.6 Å². The van der Waals surface area contributed by atoms with Crippen LogP contribution in [0.1, 0.15) is 25.2 Å². The van der Waals surface area contributed by atoms with E-state index >= 15 is 0 Å². The van der Waals surface area contributed by atoms with Crippen molar-refractivity contribution in [3.05, 3.63) is 49.0 Å². The van der Waals surface area contributed by atoms with Crippen molar-refractivity contribution in [1.82, 2.24) is 0 Å². The minimum absolute atomic E-state index is 0.371. The molecule has 80 valence electrons. The molecule has 15 heavy (non-hydrogen) atoms. The van der Waals surface area contributed by atoms with Crippen molar-refractivity contribution in [2.75, 3.05) is 0 Å². The average Bonchev–Trinajstić information content (AvgIpc) is 2.69. The molecule has 0 N–H and O–H groups in total. The molecule has 0 radical (unpaired) electrons. The second kappa shape index (κ2) is 5.20. The van der Waals surface area contributed by atoms with Gasteiger partial charge in [-0.3, -0.25) is 0 Å². The minimum atomic E-state index is -0.418. The topological polar surface area (TPSA) is 39.4 Å². The fraction of sp³-hybridized carbons (Fsp3) is 0.250. The first-order valence-corrected chi connectivity index (χ1v) is 4.66. The van der Waals surface area contributed by atoms with Gasteiger partial charge in [-0.2, -0.15) is 0 Å². The van der Waals surface area contributed by atoms with Gasteiger partial charge in [-0.05, 0) is 19.1 Å². The van der Waals surface area contributed by atoms with Gasteiger partial charge in [0.25, 0.3) is 0 Å². The summed E-state index contributed by atoms with van der Waals surface area (Å²) in [5.74, 6) is 0.197. The third kappa shape index (κ3) is 3.13. The normalized spacial score (nSPS) is 11.8. The number of ether oxygens (including phenoxy) is 1. The number of esters is 1. The van der Waals surface area contributed by atoms with Crippen molar-refractivity contribution >= 4 is 5.97 Å². The second-order valence-electron chi connectivity index (χ2n) is 3.21. The fourth-order valence-electron chi connectivity index (χ4n) is 1.08. The quantitative estimate of drug-likeness (QED) is 0.422. The lowest BCUT2D eigenvalue weighted by atomic mass is 10.2. The van der Waals surface area contributed by atoms with Gasteiger partial charge in [0.1, 0.15) is 5.76 Å². The summed E-state index contributed by atoms with van der Waals surface area (Å²) in [4.78, 5) is 11.3. The highest BCUT2D eigenvalue weighted by Gasteiger charge is 2.17. The predicted octanol–water partition coefficient (Wildman–Crippen LogP) is 3.02. The van der Waals surface area contributed by atoms with E-state index in [-0.39, 0.29) is 0 Å². The molecule has 1 aromatic rings. The molecule has 1 aromatic heterocycles. The predicted molar refractivity (Wildman–Crippen MR) is 57.2 cm³/mol. The van der Waals surface area contributed by atoms with E-state index in [1.165, 1.54) is 0 Å². The van der Waals surface area contributed by atoms with Gasteiger partial charge in [-0.25, -0.2) is 4.79 Å². The van der Waals surface area contributed by atoms with Gasteiger partial charge in [-0.15, -0.1) is 6.58 Å². The number of furan rings is 1. The van der Waals surface area contributed by atoms with Crippen molar-refractivity contribution in [3.63, 3.8) is 0 Å². The monoisotopic (exact) mass is 206 g/mol. The lowest BCUT2D eigenvalue weighted by Crippen LogP contribution is -2.10. The molecule has 1 rings (SSSR count). The molecule has 0 saturated carbocycles. The van der Waals surface area contributed by atoms with Crippen LogP contribution in [0.3, 0.4) is 0 Å². The van der Waals surface area contributed by atoms with Crippen molar-refractivity contribution in [3.8, 4) is 0 Å². The van der Waals surface area contributed by atoms with Crippen LogP contribution in [0.25, 0.3) is 0 Å². The van der Waals surface area contributed by atoms with Crippen LogP contribution >= 0.6 is 0 Å². The number of carbonyl (C=O) groups is 1. The summed E-state index contributed by atoms with van der Waals surface area (Å²) in [5, 5.41) is 0. The molecule has 3 heteroatoms. The molecule has 0 spiro atoms. The van der Waals surface area contributed by atoms with Gasteiger partial charge in [-0.1, -0.05) is 12.7 Å². The van der Waals surface area contributed by atoms with Gasteiger partial charge < -0.3 is 9.15 Å². The summed E-state index contributed by atoms with van der Waals surface area (Å²) in [6.45, 7) is 8.73. The molecule has 3 nitrogen and oxygen atoms in total. The summed E-state index contributed by atoms with van der Waals surface area (Å²) < 4.78 is 10.4. The van der Waals surface area contributed by atoms with Crippen LogP contribution < -0.4 is 0 Å². The molecule has 0 aliphatic rings. The van der Waals surface area contributed by atoms with Gasteiger partial charge in [0.2, 0.25) is 0 Å². The van der Waals surface area contributed by atoms with Gasteiger partial charge in [0.05, 0.1) is 6.26 Å². The lowest BCUT2D eigenvalue weighted by Gasteiger charge is -2.13. The smallest absolute Gasteiger partial charge is 0.333 e. The summed E-state index contributed by atoms with van der Waals surface area (Å²) in [5.41, 5.74) is 0.371. The van der Waals surface area contributed by atoms with E-state index in [1.54, 1.807) is 31.4 Å². The maximum atomic E-state index is 11.3. The van der Waals surface area contributed by atoms with Crippen LogP contribution in [-0.2, 0) is 9.53 Å². The minimum Gasteiger partial charge on any atom is -0.465 e. The van der Waals surface area contributed by atoms with Crippen molar-refractivity contribution < 1.29 is 13.9 Å². The maximum Gasteiger partial charge on any atom is 0.333 e. The third-order valence-electron chi connectivity index (χ3n) is 1.84. The molecule has 0 amide bonds. The Kier molecular flexibility index (Phi) is 3.92. The Morgan fingerprint density at radius 1 is 1.73 bits per heavy atom. The highest BCUT2D eigenvalue weighted by Crippen LogP contribution is 2.22. The van der Waals surface area contributed by atoms with E-state index in [0.29, 0.717) is 17.8 Å². The molecular formula is C12H14O3. The Hall–Kier alpha value is -1.77. The van der Waals surface area contributed by atoms with E-state index in [9.17, 15) is 4.79 Å². The Morgan fingerprint density at radius 3 is 2.93 bits per heavy atom.